The van der Waals surface area contributed by atoms with E-state index in [1.165, 1.54) is 22.5 Å². The molecule has 1 heterocycles. The van der Waals surface area contributed by atoms with E-state index in [-0.39, 0.29) is 5.91 Å². The summed E-state index contributed by atoms with van der Waals surface area (Å²) in [6.07, 6.45) is 0.305. The van der Waals surface area contributed by atoms with Gasteiger partial charge in [0.15, 0.2) is 5.13 Å². The molecule has 0 saturated carbocycles. The summed E-state index contributed by atoms with van der Waals surface area (Å²) in [6, 6.07) is 6.26. The largest absolute Gasteiger partial charge is 0.302 e. The van der Waals surface area contributed by atoms with Crippen molar-refractivity contribution >= 4 is 34.0 Å². The van der Waals surface area contributed by atoms with Crippen LogP contribution in [0.1, 0.15) is 17.5 Å². The van der Waals surface area contributed by atoms with E-state index in [1.54, 1.807) is 0 Å². The fourth-order valence-corrected chi connectivity index (χ4v) is 2.63. The number of aromatic nitrogens is 1. The molecule has 1 amide bonds. The van der Waals surface area contributed by atoms with Gasteiger partial charge in [0.05, 0.1) is 5.69 Å². The zero-order valence-electron chi connectivity index (χ0n) is 10.9. The van der Waals surface area contributed by atoms with Gasteiger partial charge < -0.3 is 5.32 Å². The molecule has 0 saturated heterocycles. The first-order valence-electron chi connectivity index (χ1n) is 5.99. The molecule has 5 heteroatoms. The van der Waals surface area contributed by atoms with Crippen LogP contribution in [-0.4, -0.2) is 16.8 Å². The molecule has 100 valence electrons. The molecular weight excluding hydrogens is 280 g/mol. The van der Waals surface area contributed by atoms with E-state index >= 15 is 0 Å². The molecule has 0 aliphatic rings. The van der Waals surface area contributed by atoms with E-state index in [1.807, 2.05) is 5.38 Å². The Hall–Kier alpha value is -1.39. The van der Waals surface area contributed by atoms with E-state index in [9.17, 15) is 4.79 Å². The fourth-order valence-electron chi connectivity index (χ4n) is 1.73. The smallest absolute Gasteiger partial charge is 0.227 e. The van der Waals surface area contributed by atoms with Gasteiger partial charge in [-0.25, -0.2) is 4.98 Å². The standard InChI is InChI=1S/C14H15ClN2OS/c1-9-3-4-10(2)11(7-9)12-8-19-14(16-12)17-13(18)5-6-15/h3-4,7-8H,5-6H2,1-2H3,(H,16,17,18). The van der Waals surface area contributed by atoms with E-state index in [2.05, 4.69) is 42.3 Å². The lowest BCUT2D eigenvalue weighted by atomic mass is 10.0. The minimum Gasteiger partial charge on any atom is -0.302 e. The number of anilines is 1. The van der Waals surface area contributed by atoms with Crippen LogP contribution in [-0.2, 0) is 4.79 Å². The highest BCUT2D eigenvalue weighted by molar-refractivity contribution is 7.14. The SMILES string of the molecule is Cc1ccc(C)c(-c2csc(NC(=O)CCCl)n2)c1. The maximum absolute atomic E-state index is 11.5. The molecule has 0 spiro atoms. The van der Waals surface area contributed by atoms with Crippen molar-refractivity contribution in [2.75, 3.05) is 11.2 Å². The Morgan fingerprint density at radius 3 is 2.95 bits per heavy atom. The minimum absolute atomic E-state index is 0.100. The fraction of sp³-hybridized carbons (Fsp3) is 0.286. The van der Waals surface area contributed by atoms with Crippen LogP contribution in [0.25, 0.3) is 11.3 Å². The molecule has 0 radical (unpaired) electrons. The molecule has 1 aromatic heterocycles. The van der Waals surface area contributed by atoms with Gasteiger partial charge in [0.25, 0.3) is 0 Å². The van der Waals surface area contributed by atoms with Crippen molar-refractivity contribution < 1.29 is 4.79 Å². The van der Waals surface area contributed by atoms with Crippen LogP contribution in [0.2, 0.25) is 0 Å². The van der Waals surface area contributed by atoms with Crippen LogP contribution in [0.15, 0.2) is 23.6 Å². The highest BCUT2D eigenvalue weighted by Crippen LogP contribution is 2.28. The number of amides is 1. The number of nitrogens with zero attached hydrogens (tertiary/aromatic N) is 1. The molecule has 1 N–H and O–H groups in total. The monoisotopic (exact) mass is 294 g/mol. The predicted molar refractivity (Wildman–Crippen MR) is 81.0 cm³/mol. The maximum atomic E-state index is 11.5. The quantitative estimate of drug-likeness (QED) is 0.866. The molecule has 2 aromatic rings. The van der Waals surface area contributed by atoms with Crippen molar-refractivity contribution in [1.29, 1.82) is 0 Å². The van der Waals surface area contributed by atoms with Crippen LogP contribution in [0.3, 0.4) is 0 Å². The molecule has 3 nitrogen and oxygen atoms in total. The Bertz CT molecular complexity index is 595. The zero-order valence-corrected chi connectivity index (χ0v) is 12.4. The number of alkyl halides is 1. The molecule has 0 bridgehead atoms. The van der Waals surface area contributed by atoms with Gasteiger partial charge >= 0.3 is 0 Å². The number of rotatable bonds is 4. The number of hydrogen-bond donors (Lipinski definition) is 1. The van der Waals surface area contributed by atoms with Gasteiger partial charge in [-0.15, -0.1) is 22.9 Å². The Balaban J connectivity index is 2.21. The van der Waals surface area contributed by atoms with Crippen molar-refractivity contribution in [2.45, 2.75) is 20.3 Å². The van der Waals surface area contributed by atoms with Gasteiger partial charge in [-0.3, -0.25) is 4.79 Å². The number of hydrogen-bond acceptors (Lipinski definition) is 3. The maximum Gasteiger partial charge on any atom is 0.227 e. The summed E-state index contributed by atoms with van der Waals surface area (Å²) < 4.78 is 0. The Kier molecular flexibility index (Phi) is 4.56. The molecule has 0 atom stereocenters. The topological polar surface area (TPSA) is 42.0 Å². The zero-order chi connectivity index (χ0) is 13.8. The summed E-state index contributed by atoms with van der Waals surface area (Å²) in [4.78, 5) is 15.9. The lowest BCUT2D eigenvalue weighted by molar-refractivity contribution is -0.115. The lowest BCUT2D eigenvalue weighted by Crippen LogP contribution is -2.11. The van der Waals surface area contributed by atoms with E-state index in [0.717, 1.165) is 11.3 Å². The number of aryl methyl sites for hydroxylation is 2. The summed E-state index contributed by atoms with van der Waals surface area (Å²) in [5, 5.41) is 5.32. The van der Waals surface area contributed by atoms with Gasteiger partial charge in [0, 0.05) is 23.2 Å². The highest BCUT2D eigenvalue weighted by atomic mass is 35.5. The Morgan fingerprint density at radius 1 is 1.42 bits per heavy atom. The van der Waals surface area contributed by atoms with Crippen molar-refractivity contribution in [2.24, 2.45) is 0 Å². The average molecular weight is 295 g/mol. The number of nitrogens with one attached hydrogen (secondary N) is 1. The van der Waals surface area contributed by atoms with E-state index in [4.69, 9.17) is 11.6 Å². The van der Waals surface area contributed by atoms with Crippen molar-refractivity contribution in [3.8, 4) is 11.3 Å². The third kappa shape index (κ3) is 3.55. The summed E-state index contributed by atoms with van der Waals surface area (Å²) in [5.41, 5.74) is 4.37. The number of carbonyl (C=O) groups is 1. The van der Waals surface area contributed by atoms with E-state index < -0.39 is 0 Å². The molecule has 1 aromatic carbocycles. The van der Waals surface area contributed by atoms with Crippen LogP contribution in [0.4, 0.5) is 5.13 Å². The molecule has 19 heavy (non-hydrogen) atoms. The summed E-state index contributed by atoms with van der Waals surface area (Å²) in [5.74, 6) is 0.220. The van der Waals surface area contributed by atoms with Gasteiger partial charge in [-0.05, 0) is 25.5 Å². The Morgan fingerprint density at radius 2 is 2.21 bits per heavy atom. The Labute approximate surface area is 121 Å². The molecule has 0 fully saturated rings. The van der Waals surface area contributed by atoms with Crippen molar-refractivity contribution in [3.05, 3.63) is 34.7 Å². The number of thiazole rings is 1. The van der Waals surface area contributed by atoms with E-state index in [0.29, 0.717) is 17.4 Å². The normalized spacial score (nSPS) is 10.5. The lowest BCUT2D eigenvalue weighted by Gasteiger charge is -2.03. The summed E-state index contributed by atoms with van der Waals surface area (Å²) in [6.45, 7) is 4.11. The minimum atomic E-state index is -0.100. The predicted octanol–water partition coefficient (Wildman–Crippen LogP) is 3.99. The second kappa shape index (κ2) is 6.17. The second-order valence-electron chi connectivity index (χ2n) is 4.34. The molecule has 0 unspecified atom stereocenters. The van der Waals surface area contributed by atoms with Gasteiger partial charge in [0.1, 0.15) is 0 Å². The third-order valence-electron chi connectivity index (χ3n) is 2.74. The van der Waals surface area contributed by atoms with Gasteiger partial charge in [-0.1, -0.05) is 17.7 Å². The molecule has 0 aliphatic heterocycles. The second-order valence-corrected chi connectivity index (χ2v) is 5.58. The average Bonchev–Trinajstić information content (AvgIpc) is 2.81. The number of halogens is 1. The summed E-state index contributed by atoms with van der Waals surface area (Å²) >= 11 is 6.95. The first-order chi connectivity index (χ1) is 9.10. The number of benzene rings is 1. The molecule has 0 aliphatic carbocycles. The third-order valence-corrected chi connectivity index (χ3v) is 3.69. The van der Waals surface area contributed by atoms with Crippen molar-refractivity contribution in [1.82, 2.24) is 4.98 Å². The molecular formula is C14H15ClN2OS. The number of carbonyl (C=O) groups excluding carboxylic acids is 1. The van der Waals surface area contributed by atoms with Crippen LogP contribution < -0.4 is 5.32 Å². The first kappa shape index (κ1) is 14.0. The van der Waals surface area contributed by atoms with Crippen molar-refractivity contribution in [3.63, 3.8) is 0 Å². The highest BCUT2D eigenvalue weighted by Gasteiger charge is 2.09. The molecule has 2 rings (SSSR count). The van der Waals surface area contributed by atoms with Gasteiger partial charge in [0.2, 0.25) is 5.91 Å². The summed E-state index contributed by atoms with van der Waals surface area (Å²) in [7, 11) is 0. The van der Waals surface area contributed by atoms with Crippen LogP contribution in [0.5, 0.6) is 0 Å². The van der Waals surface area contributed by atoms with Crippen LogP contribution >= 0.6 is 22.9 Å². The van der Waals surface area contributed by atoms with Crippen LogP contribution in [0, 0.1) is 13.8 Å². The first-order valence-corrected chi connectivity index (χ1v) is 7.40. The van der Waals surface area contributed by atoms with Gasteiger partial charge in [-0.2, -0.15) is 0 Å².